The molecule has 0 atom stereocenters. The molecule has 0 aliphatic heterocycles. The third kappa shape index (κ3) is 2.78. The molecule has 0 N–H and O–H groups in total. The summed E-state index contributed by atoms with van der Waals surface area (Å²) in [6, 6.07) is 31.2. The third-order valence-corrected chi connectivity index (χ3v) is 7.41. The van der Waals surface area contributed by atoms with Crippen molar-refractivity contribution in [2.45, 2.75) is 11.8 Å². The van der Waals surface area contributed by atoms with E-state index in [2.05, 4.69) is 129 Å². The van der Waals surface area contributed by atoms with Gasteiger partial charge in [0.2, 0.25) is 0 Å². The Labute approximate surface area is 193 Å². The summed E-state index contributed by atoms with van der Waals surface area (Å²) in [4.78, 5) is 0. The molecule has 0 saturated heterocycles. The molecular formula is C28H18Br2. The van der Waals surface area contributed by atoms with Gasteiger partial charge in [0.05, 0.1) is 0 Å². The highest BCUT2D eigenvalue weighted by Crippen LogP contribution is 2.55. The van der Waals surface area contributed by atoms with E-state index in [1.165, 1.54) is 44.5 Å². The molecule has 2 heteroatoms. The smallest absolute Gasteiger partial charge is 0.0212 e. The van der Waals surface area contributed by atoms with E-state index in [9.17, 15) is 0 Å². The van der Waals surface area contributed by atoms with Crippen molar-refractivity contribution in [2.75, 3.05) is 0 Å². The topological polar surface area (TPSA) is 0 Å². The first-order chi connectivity index (χ1) is 14.7. The lowest BCUT2D eigenvalue weighted by Crippen LogP contribution is -2.14. The van der Waals surface area contributed by atoms with Gasteiger partial charge in [-0.05, 0) is 68.8 Å². The lowest BCUT2D eigenvalue weighted by Gasteiger charge is -2.29. The van der Waals surface area contributed by atoms with Crippen molar-refractivity contribution in [3.05, 3.63) is 127 Å². The first-order valence-corrected chi connectivity index (χ1v) is 11.7. The van der Waals surface area contributed by atoms with Gasteiger partial charge in [-0.2, -0.15) is 0 Å². The van der Waals surface area contributed by atoms with E-state index in [1.54, 1.807) is 0 Å². The molecule has 2 aliphatic carbocycles. The molecule has 0 spiro atoms. The molecule has 2 aliphatic rings. The highest BCUT2D eigenvalue weighted by Gasteiger charge is 2.38. The number of hydrogen-bond donors (Lipinski definition) is 0. The van der Waals surface area contributed by atoms with Crippen molar-refractivity contribution < 1.29 is 0 Å². The second kappa shape index (κ2) is 7.08. The molecule has 0 nitrogen and oxygen atoms in total. The standard InChI is InChI=1S/C28H18Br2/c29-19-13-11-17-9-10-18-12-14-20(30)16-26(18)28(25(17)15-19)27-23-7-3-1-5-21(23)22-6-2-4-8-24(22)27/h1-16,27-28H. The van der Waals surface area contributed by atoms with Crippen LogP contribution in [0.1, 0.15) is 45.2 Å². The molecule has 0 amide bonds. The van der Waals surface area contributed by atoms with Crippen LogP contribution >= 0.6 is 31.9 Å². The van der Waals surface area contributed by atoms with Gasteiger partial charge >= 0.3 is 0 Å². The monoisotopic (exact) mass is 512 g/mol. The minimum Gasteiger partial charge on any atom is -0.0619 e. The number of hydrogen-bond acceptors (Lipinski definition) is 0. The fourth-order valence-corrected chi connectivity index (χ4v) is 5.95. The van der Waals surface area contributed by atoms with Crippen molar-refractivity contribution in [2.24, 2.45) is 0 Å². The molecule has 144 valence electrons. The second-order valence-corrected chi connectivity index (χ2v) is 9.84. The molecule has 0 unspecified atom stereocenters. The Morgan fingerprint density at radius 1 is 0.467 bits per heavy atom. The number of fused-ring (bicyclic) bond motifs is 5. The number of halogens is 2. The van der Waals surface area contributed by atoms with E-state index >= 15 is 0 Å². The Kier molecular flexibility index (Phi) is 4.33. The van der Waals surface area contributed by atoms with Gasteiger partial charge in [0.1, 0.15) is 0 Å². The van der Waals surface area contributed by atoms with Crippen molar-refractivity contribution in [1.29, 1.82) is 0 Å². The Balaban J connectivity index is 1.70. The Hall–Kier alpha value is -2.42. The van der Waals surface area contributed by atoms with E-state index in [4.69, 9.17) is 0 Å². The average Bonchev–Trinajstić information content (AvgIpc) is 3.01. The Morgan fingerprint density at radius 3 is 1.40 bits per heavy atom. The highest BCUT2D eigenvalue weighted by molar-refractivity contribution is 9.10. The van der Waals surface area contributed by atoms with E-state index in [0.717, 1.165) is 8.95 Å². The predicted octanol–water partition coefficient (Wildman–Crippen LogP) is 8.64. The summed E-state index contributed by atoms with van der Waals surface area (Å²) in [5.74, 6) is 0.503. The van der Waals surface area contributed by atoms with Crippen LogP contribution in [0.3, 0.4) is 0 Å². The first-order valence-electron chi connectivity index (χ1n) is 10.2. The van der Waals surface area contributed by atoms with Gasteiger partial charge in [0.15, 0.2) is 0 Å². The van der Waals surface area contributed by atoms with Crippen molar-refractivity contribution >= 4 is 44.0 Å². The number of rotatable bonds is 1. The quantitative estimate of drug-likeness (QED) is 0.239. The first kappa shape index (κ1) is 18.4. The molecule has 6 rings (SSSR count). The van der Waals surface area contributed by atoms with E-state index in [1.807, 2.05) is 0 Å². The van der Waals surface area contributed by atoms with Crippen LogP contribution in [0.2, 0.25) is 0 Å². The lowest BCUT2D eigenvalue weighted by molar-refractivity contribution is 0.706. The molecule has 0 bridgehead atoms. The largest absolute Gasteiger partial charge is 0.0619 e. The Morgan fingerprint density at radius 2 is 0.900 bits per heavy atom. The molecule has 0 aromatic heterocycles. The van der Waals surface area contributed by atoms with Gasteiger partial charge in [-0.25, -0.2) is 0 Å². The maximum atomic E-state index is 3.74. The fourth-order valence-electron chi connectivity index (χ4n) is 5.19. The molecule has 4 aromatic rings. The minimum absolute atomic E-state index is 0.227. The molecule has 0 radical (unpaired) electrons. The summed E-state index contributed by atoms with van der Waals surface area (Å²) in [6.45, 7) is 0. The molecule has 30 heavy (non-hydrogen) atoms. The van der Waals surface area contributed by atoms with Gasteiger partial charge in [-0.1, -0.05) is 105 Å². The molecule has 0 saturated carbocycles. The zero-order valence-corrected chi connectivity index (χ0v) is 19.3. The van der Waals surface area contributed by atoms with E-state index < -0.39 is 0 Å². The molecule has 0 heterocycles. The normalized spacial score (nSPS) is 14.6. The predicted molar refractivity (Wildman–Crippen MR) is 133 cm³/mol. The Bertz CT molecular complexity index is 1230. The van der Waals surface area contributed by atoms with Crippen LogP contribution < -0.4 is 0 Å². The van der Waals surface area contributed by atoms with Crippen LogP contribution in [0.4, 0.5) is 0 Å². The van der Waals surface area contributed by atoms with E-state index in [-0.39, 0.29) is 11.8 Å². The fraction of sp³-hybridized carbons (Fsp3) is 0.0714. The van der Waals surface area contributed by atoms with Crippen molar-refractivity contribution in [3.8, 4) is 11.1 Å². The summed E-state index contributed by atoms with van der Waals surface area (Å²) in [5.41, 5.74) is 10.9. The van der Waals surface area contributed by atoms with Crippen LogP contribution in [-0.2, 0) is 0 Å². The SMILES string of the molecule is Brc1ccc2c(c1)C(C1c3ccccc3-c3ccccc31)c1cc(Br)ccc1C=C2. The maximum absolute atomic E-state index is 3.74. The van der Waals surface area contributed by atoms with Crippen LogP contribution in [-0.4, -0.2) is 0 Å². The zero-order chi connectivity index (χ0) is 20.2. The third-order valence-electron chi connectivity index (χ3n) is 6.43. The average molecular weight is 514 g/mol. The maximum Gasteiger partial charge on any atom is 0.0212 e. The van der Waals surface area contributed by atoms with Crippen LogP contribution in [0.5, 0.6) is 0 Å². The zero-order valence-electron chi connectivity index (χ0n) is 16.1. The summed E-state index contributed by atoms with van der Waals surface area (Å²) < 4.78 is 2.25. The molecule has 0 fully saturated rings. The molecule has 4 aromatic carbocycles. The summed E-state index contributed by atoms with van der Waals surface area (Å²) in [5, 5.41) is 0. The van der Waals surface area contributed by atoms with Gasteiger partial charge in [-0.3, -0.25) is 0 Å². The summed E-state index contributed by atoms with van der Waals surface area (Å²) >= 11 is 7.47. The van der Waals surface area contributed by atoms with Gasteiger partial charge < -0.3 is 0 Å². The number of benzene rings is 4. The summed E-state index contributed by atoms with van der Waals surface area (Å²) in [7, 11) is 0. The highest BCUT2D eigenvalue weighted by atomic mass is 79.9. The van der Waals surface area contributed by atoms with Gasteiger partial charge in [0.25, 0.3) is 0 Å². The van der Waals surface area contributed by atoms with Crippen molar-refractivity contribution in [3.63, 3.8) is 0 Å². The van der Waals surface area contributed by atoms with Crippen LogP contribution in [0.15, 0.2) is 93.9 Å². The van der Waals surface area contributed by atoms with E-state index in [0.29, 0.717) is 0 Å². The molecular weight excluding hydrogens is 496 g/mol. The van der Waals surface area contributed by atoms with Crippen LogP contribution in [0.25, 0.3) is 23.3 Å². The van der Waals surface area contributed by atoms with Crippen LogP contribution in [0, 0.1) is 0 Å². The van der Waals surface area contributed by atoms with Gasteiger partial charge in [-0.15, -0.1) is 0 Å². The van der Waals surface area contributed by atoms with Gasteiger partial charge in [0, 0.05) is 20.8 Å². The summed E-state index contributed by atoms with van der Waals surface area (Å²) in [6.07, 6.45) is 4.53. The lowest BCUT2D eigenvalue weighted by atomic mass is 9.74. The minimum atomic E-state index is 0.227. The van der Waals surface area contributed by atoms with Crippen molar-refractivity contribution in [1.82, 2.24) is 0 Å². The second-order valence-electron chi connectivity index (χ2n) is 8.01.